The van der Waals surface area contributed by atoms with Crippen molar-refractivity contribution in [3.05, 3.63) is 59.7 Å². The highest BCUT2D eigenvalue weighted by Crippen LogP contribution is 2.43. The molecule has 0 aromatic heterocycles. The average molecular weight is 299 g/mol. The number of fused-ring (bicyclic) bond motifs is 3. The molecule has 0 bridgehead atoms. The van der Waals surface area contributed by atoms with Crippen LogP contribution in [0.15, 0.2) is 48.5 Å². The SMILES string of the molecule is O=S1(=O)CC[C@H](NC2c3ccccc3-c3ccccc32)C1. The molecule has 1 aliphatic carbocycles. The van der Waals surface area contributed by atoms with E-state index in [9.17, 15) is 8.42 Å². The Labute approximate surface area is 124 Å². The molecule has 1 atom stereocenters. The first-order chi connectivity index (χ1) is 10.1. The lowest BCUT2D eigenvalue weighted by molar-refractivity contribution is 0.510. The van der Waals surface area contributed by atoms with Crippen molar-refractivity contribution in [1.82, 2.24) is 5.32 Å². The summed E-state index contributed by atoms with van der Waals surface area (Å²) in [6.45, 7) is 0. The lowest BCUT2D eigenvalue weighted by Gasteiger charge is -2.20. The van der Waals surface area contributed by atoms with Crippen LogP contribution in [0.5, 0.6) is 0 Å². The zero-order valence-corrected chi connectivity index (χ0v) is 12.4. The van der Waals surface area contributed by atoms with Crippen molar-refractivity contribution in [2.45, 2.75) is 18.5 Å². The van der Waals surface area contributed by atoms with Gasteiger partial charge < -0.3 is 5.32 Å². The van der Waals surface area contributed by atoms with Crippen LogP contribution in [0.4, 0.5) is 0 Å². The highest BCUT2D eigenvalue weighted by atomic mass is 32.2. The van der Waals surface area contributed by atoms with Gasteiger partial charge in [0.1, 0.15) is 0 Å². The summed E-state index contributed by atoms with van der Waals surface area (Å²) in [5.41, 5.74) is 5.02. The van der Waals surface area contributed by atoms with Gasteiger partial charge in [-0.3, -0.25) is 0 Å². The molecule has 1 saturated heterocycles. The van der Waals surface area contributed by atoms with E-state index < -0.39 is 9.84 Å². The topological polar surface area (TPSA) is 46.2 Å². The maximum atomic E-state index is 11.7. The first-order valence-electron chi connectivity index (χ1n) is 7.29. The molecule has 0 unspecified atom stereocenters. The summed E-state index contributed by atoms with van der Waals surface area (Å²) < 4.78 is 23.3. The van der Waals surface area contributed by atoms with Crippen molar-refractivity contribution >= 4 is 9.84 Å². The number of nitrogens with one attached hydrogen (secondary N) is 1. The quantitative estimate of drug-likeness (QED) is 0.927. The maximum Gasteiger partial charge on any atom is 0.151 e. The number of benzene rings is 2. The van der Waals surface area contributed by atoms with Gasteiger partial charge in [0.25, 0.3) is 0 Å². The van der Waals surface area contributed by atoms with Crippen LogP contribution in [0.2, 0.25) is 0 Å². The van der Waals surface area contributed by atoms with Gasteiger partial charge in [0.15, 0.2) is 9.84 Å². The summed E-state index contributed by atoms with van der Waals surface area (Å²) in [5, 5.41) is 3.57. The van der Waals surface area contributed by atoms with Crippen LogP contribution in [0.1, 0.15) is 23.6 Å². The van der Waals surface area contributed by atoms with Crippen LogP contribution in [0, 0.1) is 0 Å². The molecule has 3 nitrogen and oxygen atoms in total. The van der Waals surface area contributed by atoms with Gasteiger partial charge >= 0.3 is 0 Å². The molecule has 0 spiro atoms. The zero-order valence-electron chi connectivity index (χ0n) is 11.6. The summed E-state index contributed by atoms with van der Waals surface area (Å²) in [7, 11) is -2.85. The van der Waals surface area contributed by atoms with Crippen molar-refractivity contribution in [1.29, 1.82) is 0 Å². The van der Waals surface area contributed by atoms with E-state index in [-0.39, 0.29) is 17.8 Å². The monoisotopic (exact) mass is 299 g/mol. The minimum absolute atomic E-state index is 0.0548. The highest BCUT2D eigenvalue weighted by molar-refractivity contribution is 7.91. The zero-order chi connectivity index (χ0) is 14.4. The first kappa shape index (κ1) is 13.0. The first-order valence-corrected chi connectivity index (χ1v) is 9.11. The largest absolute Gasteiger partial charge is 0.302 e. The normalized spacial score (nSPS) is 23.0. The Bertz CT molecular complexity index is 752. The molecule has 2 aromatic carbocycles. The van der Waals surface area contributed by atoms with E-state index in [2.05, 4.69) is 41.7 Å². The number of rotatable bonds is 2. The molecule has 21 heavy (non-hydrogen) atoms. The lowest BCUT2D eigenvalue weighted by atomic mass is 10.0. The highest BCUT2D eigenvalue weighted by Gasteiger charge is 2.34. The van der Waals surface area contributed by atoms with Crippen LogP contribution in [-0.2, 0) is 9.84 Å². The van der Waals surface area contributed by atoms with Crippen molar-refractivity contribution in [2.75, 3.05) is 11.5 Å². The third-order valence-electron chi connectivity index (χ3n) is 4.47. The molecule has 4 rings (SSSR count). The maximum absolute atomic E-state index is 11.7. The van der Waals surface area contributed by atoms with Crippen molar-refractivity contribution in [3.63, 3.8) is 0 Å². The van der Waals surface area contributed by atoms with E-state index in [1.165, 1.54) is 22.3 Å². The van der Waals surface area contributed by atoms with Crippen molar-refractivity contribution in [2.24, 2.45) is 0 Å². The predicted octanol–water partition coefficient (Wildman–Crippen LogP) is 2.53. The molecule has 1 N–H and O–H groups in total. The fourth-order valence-corrected chi connectivity index (χ4v) is 5.18. The molecule has 1 heterocycles. The smallest absolute Gasteiger partial charge is 0.151 e. The predicted molar refractivity (Wildman–Crippen MR) is 83.9 cm³/mol. The van der Waals surface area contributed by atoms with E-state index in [1.807, 2.05) is 12.1 Å². The Kier molecular flexibility index (Phi) is 2.91. The molecule has 2 aliphatic rings. The third-order valence-corrected chi connectivity index (χ3v) is 6.24. The molecular formula is C17H17NO2S. The third kappa shape index (κ3) is 2.19. The van der Waals surface area contributed by atoms with Crippen LogP contribution in [0.25, 0.3) is 11.1 Å². The second-order valence-electron chi connectivity index (χ2n) is 5.87. The molecule has 1 aliphatic heterocycles. The van der Waals surface area contributed by atoms with E-state index in [1.54, 1.807) is 0 Å². The Hall–Kier alpha value is -1.65. The van der Waals surface area contributed by atoms with Crippen LogP contribution < -0.4 is 5.32 Å². The Morgan fingerprint density at radius 1 is 0.905 bits per heavy atom. The second-order valence-corrected chi connectivity index (χ2v) is 8.10. The fraction of sp³-hybridized carbons (Fsp3) is 0.294. The van der Waals surface area contributed by atoms with Gasteiger partial charge in [0.2, 0.25) is 0 Å². The minimum Gasteiger partial charge on any atom is -0.302 e. The fourth-order valence-electron chi connectivity index (χ4n) is 3.50. The van der Waals surface area contributed by atoms with Crippen molar-refractivity contribution in [3.8, 4) is 11.1 Å². The van der Waals surface area contributed by atoms with E-state index >= 15 is 0 Å². The van der Waals surface area contributed by atoms with Gasteiger partial charge in [-0.25, -0.2) is 8.42 Å². The average Bonchev–Trinajstić information content (AvgIpc) is 2.99. The van der Waals surface area contributed by atoms with E-state index in [0.717, 1.165) is 0 Å². The summed E-state index contributed by atoms with van der Waals surface area (Å²) in [6, 6.07) is 16.9. The molecule has 0 saturated carbocycles. The van der Waals surface area contributed by atoms with Crippen LogP contribution >= 0.6 is 0 Å². The lowest BCUT2D eigenvalue weighted by Crippen LogP contribution is -2.33. The molecule has 2 aromatic rings. The molecule has 0 amide bonds. The number of hydrogen-bond donors (Lipinski definition) is 1. The molecular weight excluding hydrogens is 282 g/mol. The minimum atomic E-state index is -2.85. The van der Waals surface area contributed by atoms with E-state index in [4.69, 9.17) is 0 Å². The summed E-state index contributed by atoms with van der Waals surface area (Å²) in [6.07, 6.45) is 0.711. The summed E-state index contributed by atoms with van der Waals surface area (Å²) >= 11 is 0. The molecule has 1 fully saturated rings. The second kappa shape index (κ2) is 4.68. The van der Waals surface area contributed by atoms with Crippen LogP contribution in [-0.4, -0.2) is 26.0 Å². The van der Waals surface area contributed by atoms with Gasteiger partial charge in [-0.1, -0.05) is 48.5 Å². The molecule has 4 heteroatoms. The van der Waals surface area contributed by atoms with E-state index in [0.29, 0.717) is 12.2 Å². The van der Waals surface area contributed by atoms with Gasteiger partial charge in [-0.05, 0) is 28.7 Å². The van der Waals surface area contributed by atoms with Gasteiger partial charge in [-0.2, -0.15) is 0 Å². The Morgan fingerprint density at radius 2 is 1.48 bits per heavy atom. The van der Waals surface area contributed by atoms with Crippen LogP contribution in [0.3, 0.4) is 0 Å². The summed E-state index contributed by atoms with van der Waals surface area (Å²) in [4.78, 5) is 0. The molecule has 0 radical (unpaired) electrons. The van der Waals surface area contributed by atoms with Crippen molar-refractivity contribution < 1.29 is 8.42 Å². The summed E-state index contributed by atoms with van der Waals surface area (Å²) in [5.74, 6) is 0.564. The standard InChI is InChI=1S/C17H17NO2S/c19-21(20)10-9-12(11-21)18-17-15-7-3-1-5-13(15)14-6-2-4-8-16(14)17/h1-8,12,17-18H,9-11H2/t12-/m0/s1. The number of sulfone groups is 1. The number of hydrogen-bond acceptors (Lipinski definition) is 3. The Morgan fingerprint density at radius 3 is 2.00 bits per heavy atom. The Balaban J connectivity index is 1.72. The van der Waals surface area contributed by atoms with Gasteiger partial charge in [0, 0.05) is 6.04 Å². The molecule has 108 valence electrons. The van der Waals surface area contributed by atoms with Gasteiger partial charge in [0.05, 0.1) is 17.5 Å². The van der Waals surface area contributed by atoms with Gasteiger partial charge in [-0.15, -0.1) is 0 Å².